The summed E-state index contributed by atoms with van der Waals surface area (Å²) >= 11 is 2.27. The van der Waals surface area contributed by atoms with Crippen LogP contribution in [0.2, 0.25) is 0 Å². The van der Waals surface area contributed by atoms with Crippen molar-refractivity contribution < 1.29 is 4.79 Å². The molecule has 0 spiro atoms. The van der Waals surface area contributed by atoms with Gasteiger partial charge in [0.2, 0.25) is 5.91 Å². The number of carbonyl (C=O) groups is 1. The Labute approximate surface area is 122 Å². The van der Waals surface area contributed by atoms with Crippen LogP contribution >= 0.6 is 22.6 Å². The summed E-state index contributed by atoms with van der Waals surface area (Å²) in [5, 5.41) is 6.38. The molecule has 0 bridgehead atoms. The standard InChI is InChI=1S/C14H19IN2O/c1-10(14(18)17-11-6-2-3-7-11)16-13-9-5-4-8-12(13)15/h4-5,8-11,16H,2-3,6-7H2,1H3,(H,17,18). The van der Waals surface area contributed by atoms with Crippen LogP contribution < -0.4 is 10.6 Å². The first-order chi connectivity index (χ1) is 8.66. The van der Waals surface area contributed by atoms with E-state index in [9.17, 15) is 4.79 Å². The normalized spacial score (nSPS) is 17.4. The molecule has 2 rings (SSSR count). The third-order valence-electron chi connectivity index (χ3n) is 3.34. The largest absolute Gasteiger partial charge is 0.373 e. The predicted molar refractivity (Wildman–Crippen MR) is 82.6 cm³/mol. The highest BCUT2D eigenvalue weighted by Crippen LogP contribution is 2.19. The highest BCUT2D eigenvalue weighted by atomic mass is 127. The lowest BCUT2D eigenvalue weighted by Gasteiger charge is -2.19. The molecule has 1 aromatic carbocycles. The number of carbonyl (C=O) groups excluding carboxylic acids is 1. The smallest absolute Gasteiger partial charge is 0.242 e. The first-order valence-electron chi connectivity index (χ1n) is 6.48. The summed E-state index contributed by atoms with van der Waals surface area (Å²) in [6.07, 6.45) is 4.73. The summed E-state index contributed by atoms with van der Waals surface area (Å²) in [5.74, 6) is 0.0987. The van der Waals surface area contributed by atoms with Gasteiger partial charge in [-0.1, -0.05) is 25.0 Å². The molecule has 2 N–H and O–H groups in total. The van der Waals surface area contributed by atoms with Crippen LogP contribution in [0.25, 0.3) is 0 Å². The zero-order valence-corrected chi connectivity index (χ0v) is 12.7. The Hall–Kier alpha value is -0.780. The second-order valence-corrected chi connectivity index (χ2v) is 6.00. The fraction of sp³-hybridized carbons (Fsp3) is 0.500. The number of hydrogen-bond donors (Lipinski definition) is 2. The molecular formula is C14H19IN2O. The van der Waals surface area contributed by atoms with E-state index < -0.39 is 0 Å². The Balaban J connectivity index is 1.89. The van der Waals surface area contributed by atoms with Crippen LogP contribution in [0.1, 0.15) is 32.6 Å². The van der Waals surface area contributed by atoms with Gasteiger partial charge in [-0.05, 0) is 54.5 Å². The van der Waals surface area contributed by atoms with Crippen LogP contribution in [0.3, 0.4) is 0 Å². The molecule has 0 aliphatic heterocycles. The fourth-order valence-electron chi connectivity index (χ4n) is 2.27. The van der Waals surface area contributed by atoms with Crippen molar-refractivity contribution in [3.63, 3.8) is 0 Å². The van der Waals surface area contributed by atoms with Crippen molar-refractivity contribution in [1.29, 1.82) is 0 Å². The molecule has 0 heterocycles. The van der Waals surface area contributed by atoms with E-state index in [0.717, 1.165) is 22.1 Å². The average Bonchev–Trinajstić information content (AvgIpc) is 2.84. The van der Waals surface area contributed by atoms with E-state index >= 15 is 0 Å². The highest BCUT2D eigenvalue weighted by molar-refractivity contribution is 14.1. The number of nitrogens with one attached hydrogen (secondary N) is 2. The van der Waals surface area contributed by atoms with Gasteiger partial charge in [0.25, 0.3) is 0 Å². The third kappa shape index (κ3) is 3.60. The van der Waals surface area contributed by atoms with Gasteiger partial charge in [-0.3, -0.25) is 4.79 Å². The minimum absolute atomic E-state index is 0.0987. The van der Waals surface area contributed by atoms with Crippen molar-refractivity contribution in [2.45, 2.75) is 44.7 Å². The molecule has 1 aliphatic rings. The van der Waals surface area contributed by atoms with E-state index in [4.69, 9.17) is 0 Å². The number of hydrogen-bond acceptors (Lipinski definition) is 2. The first kappa shape index (κ1) is 13.6. The first-order valence-corrected chi connectivity index (χ1v) is 7.56. The predicted octanol–water partition coefficient (Wildman–Crippen LogP) is 3.15. The molecule has 1 atom stereocenters. The van der Waals surface area contributed by atoms with Crippen molar-refractivity contribution >= 4 is 34.2 Å². The van der Waals surface area contributed by atoms with Gasteiger partial charge in [0.1, 0.15) is 6.04 Å². The van der Waals surface area contributed by atoms with Gasteiger partial charge in [0.05, 0.1) is 0 Å². The Morgan fingerprint density at radius 1 is 1.33 bits per heavy atom. The Morgan fingerprint density at radius 2 is 2.00 bits per heavy atom. The molecule has 1 aromatic rings. The molecular weight excluding hydrogens is 339 g/mol. The molecule has 1 unspecified atom stereocenters. The average molecular weight is 358 g/mol. The molecule has 1 aliphatic carbocycles. The maximum atomic E-state index is 12.0. The number of anilines is 1. The summed E-state index contributed by atoms with van der Waals surface area (Å²) in [4.78, 5) is 12.0. The number of amides is 1. The molecule has 1 saturated carbocycles. The minimum atomic E-state index is -0.193. The van der Waals surface area contributed by atoms with Gasteiger partial charge in [-0.2, -0.15) is 0 Å². The molecule has 1 fully saturated rings. The Bertz CT molecular complexity index is 416. The topological polar surface area (TPSA) is 41.1 Å². The summed E-state index contributed by atoms with van der Waals surface area (Å²) in [6, 6.07) is 8.20. The SMILES string of the molecule is CC(Nc1ccccc1I)C(=O)NC1CCCC1. The molecule has 4 heteroatoms. The second kappa shape index (κ2) is 6.41. The van der Waals surface area contributed by atoms with Gasteiger partial charge in [0.15, 0.2) is 0 Å². The zero-order chi connectivity index (χ0) is 13.0. The van der Waals surface area contributed by atoms with Crippen molar-refractivity contribution in [2.75, 3.05) is 5.32 Å². The van der Waals surface area contributed by atoms with Crippen LogP contribution in [0, 0.1) is 3.57 Å². The summed E-state index contributed by atoms with van der Waals surface area (Å²) < 4.78 is 1.13. The number of halogens is 1. The number of benzene rings is 1. The minimum Gasteiger partial charge on any atom is -0.373 e. The monoisotopic (exact) mass is 358 g/mol. The van der Waals surface area contributed by atoms with Crippen LogP contribution in [0.15, 0.2) is 24.3 Å². The summed E-state index contributed by atoms with van der Waals surface area (Å²) in [7, 11) is 0. The quantitative estimate of drug-likeness (QED) is 0.812. The van der Waals surface area contributed by atoms with Crippen molar-refractivity contribution in [1.82, 2.24) is 5.32 Å². The lowest BCUT2D eigenvalue weighted by atomic mass is 10.2. The molecule has 0 radical (unpaired) electrons. The molecule has 0 saturated heterocycles. The lowest BCUT2D eigenvalue weighted by Crippen LogP contribution is -2.42. The molecule has 18 heavy (non-hydrogen) atoms. The van der Waals surface area contributed by atoms with E-state index in [-0.39, 0.29) is 11.9 Å². The second-order valence-electron chi connectivity index (χ2n) is 4.84. The van der Waals surface area contributed by atoms with Crippen LogP contribution in [-0.2, 0) is 4.79 Å². The Morgan fingerprint density at radius 3 is 2.67 bits per heavy atom. The van der Waals surface area contributed by atoms with Crippen molar-refractivity contribution in [3.8, 4) is 0 Å². The Kier molecular flexibility index (Phi) is 4.86. The van der Waals surface area contributed by atoms with E-state index in [2.05, 4.69) is 33.2 Å². The van der Waals surface area contributed by atoms with Crippen molar-refractivity contribution in [3.05, 3.63) is 27.8 Å². The van der Waals surface area contributed by atoms with Gasteiger partial charge in [-0.25, -0.2) is 0 Å². The zero-order valence-electron chi connectivity index (χ0n) is 10.6. The third-order valence-corrected chi connectivity index (χ3v) is 4.28. The maximum absolute atomic E-state index is 12.0. The van der Waals surface area contributed by atoms with Gasteiger partial charge < -0.3 is 10.6 Å². The van der Waals surface area contributed by atoms with Crippen LogP contribution in [-0.4, -0.2) is 18.0 Å². The van der Waals surface area contributed by atoms with Crippen molar-refractivity contribution in [2.24, 2.45) is 0 Å². The summed E-state index contributed by atoms with van der Waals surface area (Å²) in [6.45, 7) is 1.91. The molecule has 3 nitrogen and oxygen atoms in total. The number of para-hydroxylation sites is 1. The molecule has 1 amide bonds. The number of rotatable bonds is 4. The van der Waals surface area contributed by atoms with Gasteiger partial charge in [0, 0.05) is 15.3 Å². The highest BCUT2D eigenvalue weighted by Gasteiger charge is 2.20. The van der Waals surface area contributed by atoms with Gasteiger partial charge in [-0.15, -0.1) is 0 Å². The molecule has 98 valence electrons. The summed E-state index contributed by atoms with van der Waals surface area (Å²) in [5.41, 5.74) is 1.02. The van der Waals surface area contributed by atoms with Gasteiger partial charge >= 0.3 is 0 Å². The van der Waals surface area contributed by atoms with Crippen LogP contribution in [0.5, 0.6) is 0 Å². The van der Waals surface area contributed by atoms with E-state index in [1.165, 1.54) is 12.8 Å². The maximum Gasteiger partial charge on any atom is 0.242 e. The lowest BCUT2D eigenvalue weighted by molar-refractivity contribution is -0.122. The van der Waals surface area contributed by atoms with Crippen LogP contribution in [0.4, 0.5) is 5.69 Å². The van der Waals surface area contributed by atoms with E-state index in [1.54, 1.807) is 0 Å². The van der Waals surface area contributed by atoms with E-state index in [1.807, 2.05) is 31.2 Å². The molecule has 0 aromatic heterocycles. The van der Waals surface area contributed by atoms with E-state index in [0.29, 0.717) is 6.04 Å². The fourth-order valence-corrected chi connectivity index (χ4v) is 2.82.